The number of nitrogens with zero attached hydrogens (tertiary/aromatic N) is 2. The molecule has 106 valence electrons. The molecule has 0 fully saturated rings. The van der Waals surface area contributed by atoms with Gasteiger partial charge >= 0.3 is 0 Å². The molecule has 0 spiro atoms. The van der Waals surface area contributed by atoms with Gasteiger partial charge in [-0.05, 0) is 52.3 Å². The van der Waals surface area contributed by atoms with Crippen LogP contribution < -0.4 is 16.2 Å². The number of hydrazine groups is 1. The van der Waals surface area contributed by atoms with E-state index in [1.807, 2.05) is 31.3 Å². The van der Waals surface area contributed by atoms with Gasteiger partial charge in [0.05, 0.1) is 6.04 Å². The molecule has 0 radical (unpaired) electrons. The van der Waals surface area contributed by atoms with Crippen molar-refractivity contribution in [3.63, 3.8) is 0 Å². The van der Waals surface area contributed by atoms with Gasteiger partial charge in [0.1, 0.15) is 5.82 Å². The molecule has 0 saturated heterocycles. The first-order chi connectivity index (χ1) is 9.54. The molecule has 4 nitrogen and oxygen atoms in total. The Balaban J connectivity index is 2.39. The summed E-state index contributed by atoms with van der Waals surface area (Å²) in [5, 5.41) is 0. The van der Waals surface area contributed by atoms with Crippen LogP contribution in [0.1, 0.15) is 22.7 Å². The number of aromatic nitrogens is 1. The molecule has 1 heterocycles. The predicted molar refractivity (Wildman–Crippen MR) is 91.6 cm³/mol. The minimum atomic E-state index is -0.0505. The van der Waals surface area contributed by atoms with Crippen LogP contribution in [0.15, 0.2) is 36.5 Å². The van der Waals surface area contributed by atoms with Crippen molar-refractivity contribution < 1.29 is 0 Å². The minimum Gasteiger partial charge on any atom is -0.363 e. The van der Waals surface area contributed by atoms with Crippen LogP contribution in [0, 0.1) is 10.5 Å². The Morgan fingerprint density at radius 1 is 1.25 bits per heavy atom. The molecule has 1 unspecified atom stereocenters. The third-order valence-corrected chi connectivity index (χ3v) is 4.74. The summed E-state index contributed by atoms with van der Waals surface area (Å²) in [7, 11) is 3.95. The average molecular weight is 382 g/mol. The van der Waals surface area contributed by atoms with Crippen LogP contribution in [0.4, 0.5) is 5.82 Å². The number of hydrogen-bond acceptors (Lipinski definition) is 4. The fourth-order valence-electron chi connectivity index (χ4n) is 2.09. The summed E-state index contributed by atoms with van der Waals surface area (Å²) in [5.41, 5.74) is 6.37. The van der Waals surface area contributed by atoms with E-state index in [9.17, 15) is 0 Å². The monoisotopic (exact) mass is 382 g/mol. The van der Waals surface area contributed by atoms with Crippen LogP contribution in [0.3, 0.4) is 0 Å². The molecule has 0 aliphatic rings. The number of nitrogens with one attached hydrogen (secondary N) is 1. The van der Waals surface area contributed by atoms with Gasteiger partial charge in [-0.3, -0.25) is 5.84 Å². The standard InChI is InChI=1S/C15H19IN4/c1-10-5-4-6-12(14(10)16)15(19-17)11-7-8-13(18-9-11)20(2)3/h4-9,15,19H,17H2,1-3H3. The van der Waals surface area contributed by atoms with Crippen LogP contribution in [0.5, 0.6) is 0 Å². The van der Waals surface area contributed by atoms with E-state index in [-0.39, 0.29) is 6.04 Å². The second-order valence-electron chi connectivity index (χ2n) is 4.92. The third kappa shape index (κ3) is 3.11. The molecule has 0 aliphatic heterocycles. The van der Waals surface area contributed by atoms with Gasteiger partial charge < -0.3 is 4.90 Å². The van der Waals surface area contributed by atoms with Crippen molar-refractivity contribution in [3.05, 3.63) is 56.8 Å². The highest BCUT2D eigenvalue weighted by Gasteiger charge is 2.16. The second kappa shape index (κ2) is 6.51. The molecular weight excluding hydrogens is 363 g/mol. The number of aryl methyl sites for hydroxylation is 1. The Kier molecular flexibility index (Phi) is 4.95. The molecule has 1 aromatic heterocycles. The average Bonchev–Trinajstić information content (AvgIpc) is 2.45. The van der Waals surface area contributed by atoms with Crippen molar-refractivity contribution in [1.29, 1.82) is 0 Å². The van der Waals surface area contributed by atoms with Gasteiger partial charge in [-0.25, -0.2) is 10.4 Å². The molecular formula is C15H19IN4. The summed E-state index contributed by atoms with van der Waals surface area (Å²) in [4.78, 5) is 6.43. The molecule has 2 aromatic rings. The summed E-state index contributed by atoms with van der Waals surface area (Å²) >= 11 is 2.36. The Hall–Kier alpha value is -1.18. The zero-order valence-corrected chi connectivity index (χ0v) is 14.0. The van der Waals surface area contributed by atoms with Crippen LogP contribution in [-0.2, 0) is 0 Å². The topological polar surface area (TPSA) is 54.2 Å². The largest absolute Gasteiger partial charge is 0.363 e. The predicted octanol–water partition coefficient (Wildman–Crippen LogP) is 2.61. The normalized spacial score (nSPS) is 12.2. The zero-order chi connectivity index (χ0) is 14.7. The molecule has 3 N–H and O–H groups in total. The molecule has 0 aliphatic carbocycles. The zero-order valence-electron chi connectivity index (χ0n) is 11.9. The van der Waals surface area contributed by atoms with E-state index in [0.717, 1.165) is 11.4 Å². The highest BCUT2D eigenvalue weighted by Crippen LogP contribution is 2.27. The first-order valence-electron chi connectivity index (χ1n) is 6.39. The van der Waals surface area contributed by atoms with Gasteiger partial charge in [-0.1, -0.05) is 24.3 Å². The lowest BCUT2D eigenvalue weighted by Gasteiger charge is -2.20. The number of pyridine rings is 1. The fourth-order valence-corrected chi connectivity index (χ4v) is 2.76. The summed E-state index contributed by atoms with van der Waals surface area (Å²) in [5.74, 6) is 6.70. The molecule has 2 rings (SSSR count). The lowest BCUT2D eigenvalue weighted by molar-refractivity contribution is 0.631. The fraction of sp³-hybridized carbons (Fsp3) is 0.267. The molecule has 20 heavy (non-hydrogen) atoms. The Bertz CT molecular complexity index is 581. The van der Waals surface area contributed by atoms with Gasteiger partial charge in [-0.2, -0.15) is 0 Å². The molecule has 1 aromatic carbocycles. The van der Waals surface area contributed by atoms with E-state index < -0.39 is 0 Å². The molecule has 1 atom stereocenters. The number of anilines is 1. The van der Waals surface area contributed by atoms with Crippen LogP contribution in [-0.4, -0.2) is 19.1 Å². The Labute approximate surface area is 133 Å². The van der Waals surface area contributed by atoms with Crippen molar-refractivity contribution in [1.82, 2.24) is 10.4 Å². The summed E-state index contributed by atoms with van der Waals surface area (Å²) in [6.07, 6.45) is 1.87. The van der Waals surface area contributed by atoms with Gasteiger partial charge in [0.25, 0.3) is 0 Å². The second-order valence-corrected chi connectivity index (χ2v) is 6.00. The number of nitrogens with two attached hydrogens (primary N) is 1. The van der Waals surface area contributed by atoms with Crippen molar-refractivity contribution in [2.45, 2.75) is 13.0 Å². The SMILES string of the molecule is Cc1cccc(C(NN)c2ccc(N(C)C)nc2)c1I. The Morgan fingerprint density at radius 3 is 2.55 bits per heavy atom. The maximum Gasteiger partial charge on any atom is 0.127 e. The van der Waals surface area contributed by atoms with Gasteiger partial charge in [0.2, 0.25) is 0 Å². The molecule has 0 saturated carbocycles. The van der Waals surface area contributed by atoms with Crippen LogP contribution in [0.25, 0.3) is 0 Å². The molecule has 0 bridgehead atoms. The molecule has 0 amide bonds. The first-order valence-corrected chi connectivity index (χ1v) is 7.47. The summed E-state index contributed by atoms with van der Waals surface area (Å²) < 4.78 is 1.23. The van der Waals surface area contributed by atoms with Crippen LogP contribution >= 0.6 is 22.6 Å². The number of benzene rings is 1. The van der Waals surface area contributed by atoms with Crippen molar-refractivity contribution in [3.8, 4) is 0 Å². The minimum absolute atomic E-state index is 0.0505. The quantitative estimate of drug-likeness (QED) is 0.485. The van der Waals surface area contributed by atoms with Crippen LogP contribution in [0.2, 0.25) is 0 Å². The van der Waals surface area contributed by atoms with Crippen molar-refractivity contribution >= 4 is 28.4 Å². The van der Waals surface area contributed by atoms with E-state index in [1.54, 1.807) is 0 Å². The maximum atomic E-state index is 5.76. The van der Waals surface area contributed by atoms with E-state index >= 15 is 0 Å². The lowest BCUT2D eigenvalue weighted by Crippen LogP contribution is -2.29. The maximum absolute atomic E-state index is 5.76. The van der Waals surface area contributed by atoms with Gasteiger partial charge in [-0.15, -0.1) is 0 Å². The number of hydrogen-bond donors (Lipinski definition) is 2. The molecule has 5 heteroatoms. The highest BCUT2D eigenvalue weighted by molar-refractivity contribution is 14.1. The van der Waals surface area contributed by atoms with E-state index in [4.69, 9.17) is 5.84 Å². The number of rotatable bonds is 4. The van der Waals surface area contributed by atoms with Gasteiger partial charge in [0.15, 0.2) is 0 Å². The summed E-state index contributed by atoms with van der Waals surface area (Å²) in [6.45, 7) is 2.10. The summed E-state index contributed by atoms with van der Waals surface area (Å²) in [6, 6.07) is 10.3. The third-order valence-electron chi connectivity index (χ3n) is 3.26. The van der Waals surface area contributed by atoms with E-state index in [0.29, 0.717) is 0 Å². The highest BCUT2D eigenvalue weighted by atomic mass is 127. The Morgan fingerprint density at radius 2 is 2.00 bits per heavy atom. The smallest absolute Gasteiger partial charge is 0.127 e. The van der Waals surface area contributed by atoms with Crippen molar-refractivity contribution in [2.75, 3.05) is 19.0 Å². The number of halogens is 1. The van der Waals surface area contributed by atoms with E-state index in [1.165, 1.54) is 14.7 Å². The van der Waals surface area contributed by atoms with Gasteiger partial charge in [0, 0.05) is 23.9 Å². The van der Waals surface area contributed by atoms with Crippen molar-refractivity contribution in [2.24, 2.45) is 5.84 Å². The van der Waals surface area contributed by atoms with E-state index in [2.05, 4.69) is 64.2 Å². The first kappa shape index (κ1) is 15.2. The lowest BCUT2D eigenvalue weighted by atomic mass is 9.99.